The zero-order chi connectivity index (χ0) is 14.7. The van der Waals surface area contributed by atoms with Gasteiger partial charge in [0.1, 0.15) is 0 Å². The molecule has 2 aromatic heterocycles. The highest BCUT2D eigenvalue weighted by molar-refractivity contribution is 5.38. The maximum absolute atomic E-state index is 4.60. The maximum Gasteiger partial charge on any atom is 0.156 e. The highest BCUT2D eigenvalue weighted by Gasteiger charge is 2.12. The van der Waals surface area contributed by atoms with Gasteiger partial charge in [-0.3, -0.25) is 0 Å². The van der Waals surface area contributed by atoms with Gasteiger partial charge in [0.15, 0.2) is 5.82 Å². The Hall–Kier alpha value is -1.68. The number of aromatic nitrogens is 3. The maximum atomic E-state index is 4.60. The lowest BCUT2D eigenvalue weighted by molar-refractivity contribution is 0.672. The topological polar surface area (TPSA) is 42.7 Å². The molecule has 0 saturated heterocycles. The van der Waals surface area contributed by atoms with Gasteiger partial charge in [-0.1, -0.05) is 6.92 Å². The molecule has 0 aliphatic heterocycles. The summed E-state index contributed by atoms with van der Waals surface area (Å²) in [7, 11) is 0. The molecule has 2 heterocycles. The smallest absolute Gasteiger partial charge is 0.156 e. The van der Waals surface area contributed by atoms with E-state index in [1.807, 2.05) is 17.8 Å². The van der Waals surface area contributed by atoms with E-state index in [0.717, 1.165) is 42.3 Å². The summed E-state index contributed by atoms with van der Waals surface area (Å²) in [5.41, 5.74) is 5.84. The van der Waals surface area contributed by atoms with Crippen molar-refractivity contribution in [3.05, 3.63) is 40.3 Å². The van der Waals surface area contributed by atoms with Gasteiger partial charge in [-0.15, -0.1) is 0 Å². The molecule has 0 aliphatic rings. The van der Waals surface area contributed by atoms with E-state index in [2.05, 4.69) is 49.2 Å². The highest BCUT2D eigenvalue weighted by atomic mass is 15.3. The number of hydrogen-bond donors (Lipinski definition) is 1. The largest absolute Gasteiger partial charge is 0.313 e. The van der Waals surface area contributed by atoms with Crippen molar-refractivity contribution in [2.75, 3.05) is 6.54 Å². The third-order valence-corrected chi connectivity index (χ3v) is 3.72. The van der Waals surface area contributed by atoms with Gasteiger partial charge >= 0.3 is 0 Å². The molecule has 0 bridgehead atoms. The van der Waals surface area contributed by atoms with E-state index < -0.39 is 0 Å². The lowest BCUT2D eigenvalue weighted by atomic mass is 10.2. The van der Waals surface area contributed by atoms with Crippen LogP contribution in [0.5, 0.6) is 0 Å². The molecule has 2 aromatic rings. The molecule has 4 nitrogen and oxygen atoms in total. The fraction of sp³-hybridized carbons (Fsp3) is 0.500. The third kappa shape index (κ3) is 2.90. The van der Waals surface area contributed by atoms with Crippen molar-refractivity contribution in [1.82, 2.24) is 20.1 Å². The average molecular weight is 272 g/mol. The molecule has 0 aliphatic carbocycles. The molecule has 0 saturated carbocycles. The molecular weight excluding hydrogens is 248 g/mol. The Morgan fingerprint density at radius 3 is 2.50 bits per heavy atom. The van der Waals surface area contributed by atoms with E-state index in [9.17, 15) is 0 Å². The molecule has 0 amide bonds. The first-order valence-corrected chi connectivity index (χ1v) is 7.24. The number of aryl methyl sites for hydroxylation is 2. The van der Waals surface area contributed by atoms with Crippen LogP contribution >= 0.6 is 0 Å². The molecule has 2 rings (SSSR count). The Balaban J connectivity index is 2.27. The summed E-state index contributed by atoms with van der Waals surface area (Å²) in [6.45, 7) is 12.4. The van der Waals surface area contributed by atoms with Crippen LogP contribution in [-0.2, 0) is 6.54 Å². The molecule has 0 fully saturated rings. The SMILES string of the molecule is CCCNCc1cnc(-n2nc(C)c(C)c2C)c(C)c1. The molecule has 20 heavy (non-hydrogen) atoms. The summed E-state index contributed by atoms with van der Waals surface area (Å²) in [6.07, 6.45) is 3.09. The molecule has 0 unspecified atom stereocenters. The molecule has 0 atom stereocenters. The molecular formula is C16H24N4. The minimum absolute atomic E-state index is 0.873. The van der Waals surface area contributed by atoms with Crippen LogP contribution in [0, 0.1) is 27.7 Å². The van der Waals surface area contributed by atoms with Crippen LogP contribution < -0.4 is 5.32 Å². The van der Waals surface area contributed by atoms with Gasteiger partial charge < -0.3 is 5.32 Å². The van der Waals surface area contributed by atoms with Crippen molar-refractivity contribution in [1.29, 1.82) is 0 Å². The van der Waals surface area contributed by atoms with Crippen LogP contribution in [0.1, 0.15) is 41.4 Å². The molecule has 4 heteroatoms. The van der Waals surface area contributed by atoms with Gasteiger partial charge in [-0.25, -0.2) is 9.67 Å². The third-order valence-electron chi connectivity index (χ3n) is 3.72. The summed E-state index contributed by atoms with van der Waals surface area (Å²) < 4.78 is 1.95. The Morgan fingerprint density at radius 1 is 1.20 bits per heavy atom. The van der Waals surface area contributed by atoms with Crippen LogP contribution in [0.2, 0.25) is 0 Å². The lowest BCUT2D eigenvalue weighted by Crippen LogP contribution is -2.14. The quantitative estimate of drug-likeness (QED) is 0.851. The van der Waals surface area contributed by atoms with Crippen LogP contribution in [0.15, 0.2) is 12.3 Å². The van der Waals surface area contributed by atoms with Crippen molar-refractivity contribution in [2.24, 2.45) is 0 Å². The second-order valence-corrected chi connectivity index (χ2v) is 5.37. The summed E-state index contributed by atoms with van der Waals surface area (Å²) in [6, 6.07) is 2.19. The molecule has 0 aromatic carbocycles. The fourth-order valence-corrected chi connectivity index (χ4v) is 2.28. The summed E-state index contributed by atoms with van der Waals surface area (Å²) in [5.74, 6) is 0.929. The Bertz CT molecular complexity index is 599. The van der Waals surface area contributed by atoms with Crippen LogP contribution in [0.25, 0.3) is 5.82 Å². The van der Waals surface area contributed by atoms with E-state index in [0.29, 0.717) is 0 Å². The predicted molar refractivity (Wildman–Crippen MR) is 82.3 cm³/mol. The minimum Gasteiger partial charge on any atom is -0.313 e. The second-order valence-electron chi connectivity index (χ2n) is 5.37. The first-order chi connectivity index (χ1) is 9.54. The number of rotatable bonds is 5. The van der Waals surface area contributed by atoms with E-state index >= 15 is 0 Å². The first kappa shape index (κ1) is 14.7. The fourth-order valence-electron chi connectivity index (χ4n) is 2.28. The van der Waals surface area contributed by atoms with Crippen molar-refractivity contribution in [2.45, 2.75) is 47.6 Å². The Labute approximate surface area is 121 Å². The summed E-state index contributed by atoms with van der Waals surface area (Å²) in [5, 5.41) is 7.98. The number of pyridine rings is 1. The Kier molecular flexibility index (Phi) is 4.55. The molecule has 0 spiro atoms. The number of hydrogen-bond acceptors (Lipinski definition) is 3. The van der Waals surface area contributed by atoms with Crippen LogP contribution in [0.3, 0.4) is 0 Å². The van der Waals surface area contributed by atoms with Crippen molar-refractivity contribution >= 4 is 0 Å². The average Bonchev–Trinajstić information content (AvgIpc) is 2.67. The first-order valence-electron chi connectivity index (χ1n) is 7.24. The predicted octanol–water partition coefficient (Wildman–Crippen LogP) is 3.00. The zero-order valence-electron chi connectivity index (χ0n) is 13.1. The normalized spacial score (nSPS) is 11.1. The van der Waals surface area contributed by atoms with Gasteiger partial charge in [0.2, 0.25) is 0 Å². The number of nitrogens with one attached hydrogen (secondary N) is 1. The van der Waals surface area contributed by atoms with E-state index in [4.69, 9.17) is 0 Å². The zero-order valence-corrected chi connectivity index (χ0v) is 13.1. The second kappa shape index (κ2) is 6.18. The van der Waals surface area contributed by atoms with Crippen molar-refractivity contribution in [3.8, 4) is 5.82 Å². The Morgan fingerprint density at radius 2 is 1.95 bits per heavy atom. The minimum atomic E-state index is 0.873. The van der Waals surface area contributed by atoms with Gasteiger partial charge in [0, 0.05) is 18.4 Å². The van der Waals surface area contributed by atoms with Crippen molar-refractivity contribution < 1.29 is 0 Å². The molecule has 1 N–H and O–H groups in total. The molecule has 108 valence electrons. The monoisotopic (exact) mass is 272 g/mol. The summed E-state index contributed by atoms with van der Waals surface area (Å²) >= 11 is 0. The van der Waals surface area contributed by atoms with Crippen LogP contribution in [-0.4, -0.2) is 21.3 Å². The lowest BCUT2D eigenvalue weighted by Gasteiger charge is -2.10. The van der Waals surface area contributed by atoms with E-state index in [1.54, 1.807) is 0 Å². The molecule has 0 radical (unpaired) electrons. The van der Waals surface area contributed by atoms with E-state index in [1.165, 1.54) is 11.1 Å². The summed E-state index contributed by atoms with van der Waals surface area (Å²) in [4.78, 5) is 4.60. The van der Waals surface area contributed by atoms with E-state index in [-0.39, 0.29) is 0 Å². The van der Waals surface area contributed by atoms with Gasteiger partial charge in [-0.2, -0.15) is 5.10 Å². The van der Waals surface area contributed by atoms with Crippen molar-refractivity contribution in [3.63, 3.8) is 0 Å². The standard InChI is InChI=1S/C16H24N4/c1-6-7-17-9-15-8-11(2)16(18-10-15)20-14(5)12(3)13(4)19-20/h8,10,17H,6-7,9H2,1-5H3. The van der Waals surface area contributed by atoms with Gasteiger partial charge in [0.25, 0.3) is 0 Å². The highest BCUT2D eigenvalue weighted by Crippen LogP contribution is 2.18. The van der Waals surface area contributed by atoms with Crippen LogP contribution in [0.4, 0.5) is 0 Å². The van der Waals surface area contributed by atoms with Gasteiger partial charge in [-0.05, 0) is 63.4 Å². The van der Waals surface area contributed by atoms with Gasteiger partial charge in [0.05, 0.1) is 5.69 Å². The number of nitrogens with zero attached hydrogens (tertiary/aromatic N) is 3.